The Labute approximate surface area is 218 Å². The second-order valence-electron chi connectivity index (χ2n) is 10.3. The van der Waals surface area contributed by atoms with Crippen LogP contribution in [0.5, 0.6) is 0 Å². The van der Waals surface area contributed by atoms with Crippen LogP contribution >= 0.6 is 0 Å². The molecule has 0 aliphatic heterocycles. The number of aromatic nitrogens is 3. The second kappa shape index (κ2) is 11.9. The van der Waals surface area contributed by atoms with E-state index in [9.17, 15) is 4.79 Å². The standard InChI is InChI=1S/C29H35N7O/c1-30-24-13-11-23(12-14-24)19-31-28(37)25(17-21-7-3-2-4-8-21)33-26-18-27(36-15-5-6-16-36)35-29(34-26)32-20-22-9-10-22/h5-6,11-16,18,21-22,25H,2-4,7-10,17,19-20H2,(H,31,37)(H2,32,33,34,35)/t25-/m1/s1. The third kappa shape index (κ3) is 7.10. The second-order valence-corrected chi connectivity index (χ2v) is 10.3. The van der Waals surface area contributed by atoms with Gasteiger partial charge in [-0.25, -0.2) is 4.85 Å². The van der Waals surface area contributed by atoms with Gasteiger partial charge in [-0.05, 0) is 48.8 Å². The molecule has 2 aliphatic carbocycles. The van der Waals surface area contributed by atoms with Crippen molar-refractivity contribution in [2.75, 3.05) is 17.2 Å². The van der Waals surface area contributed by atoms with Crippen molar-refractivity contribution in [3.8, 4) is 5.82 Å². The van der Waals surface area contributed by atoms with E-state index >= 15 is 0 Å². The number of carbonyl (C=O) groups excluding carboxylic acids is 1. The number of anilines is 2. The number of benzene rings is 1. The van der Waals surface area contributed by atoms with Crippen molar-refractivity contribution < 1.29 is 4.79 Å². The van der Waals surface area contributed by atoms with Gasteiger partial charge < -0.3 is 20.5 Å². The van der Waals surface area contributed by atoms with E-state index in [4.69, 9.17) is 16.5 Å². The first-order chi connectivity index (χ1) is 18.2. The van der Waals surface area contributed by atoms with Gasteiger partial charge in [0.05, 0.1) is 6.57 Å². The Kier molecular flexibility index (Phi) is 7.99. The highest BCUT2D eigenvalue weighted by Crippen LogP contribution is 2.30. The zero-order valence-electron chi connectivity index (χ0n) is 21.2. The fourth-order valence-corrected chi connectivity index (χ4v) is 4.93. The molecule has 5 rings (SSSR count). The largest absolute Gasteiger partial charge is 0.358 e. The summed E-state index contributed by atoms with van der Waals surface area (Å²) in [6.45, 7) is 8.42. The van der Waals surface area contributed by atoms with Gasteiger partial charge in [0.2, 0.25) is 11.9 Å². The molecule has 2 aliphatic rings. The van der Waals surface area contributed by atoms with Gasteiger partial charge in [0.1, 0.15) is 17.7 Å². The van der Waals surface area contributed by atoms with Crippen molar-refractivity contribution >= 4 is 23.4 Å². The van der Waals surface area contributed by atoms with E-state index in [2.05, 4.69) is 20.8 Å². The summed E-state index contributed by atoms with van der Waals surface area (Å²) in [7, 11) is 0. The van der Waals surface area contributed by atoms with Gasteiger partial charge in [0.15, 0.2) is 5.69 Å². The van der Waals surface area contributed by atoms with Crippen LogP contribution in [0.15, 0.2) is 54.9 Å². The van der Waals surface area contributed by atoms with E-state index in [0.717, 1.165) is 37.2 Å². The Balaban J connectivity index is 1.33. The molecule has 1 aromatic carbocycles. The molecular formula is C29H35N7O. The molecule has 0 unspecified atom stereocenters. The number of rotatable bonds is 11. The van der Waals surface area contributed by atoms with Crippen molar-refractivity contribution in [1.29, 1.82) is 0 Å². The van der Waals surface area contributed by atoms with Gasteiger partial charge in [-0.15, -0.1) is 0 Å². The average molecular weight is 498 g/mol. The zero-order chi connectivity index (χ0) is 25.5. The average Bonchev–Trinajstić information content (AvgIpc) is 3.61. The van der Waals surface area contributed by atoms with Crippen LogP contribution in [0.2, 0.25) is 0 Å². The normalized spacial score (nSPS) is 16.5. The van der Waals surface area contributed by atoms with Crippen molar-refractivity contribution in [2.45, 2.75) is 64.0 Å². The smallest absolute Gasteiger partial charge is 0.242 e. The molecule has 2 fully saturated rings. The lowest BCUT2D eigenvalue weighted by Crippen LogP contribution is -2.41. The summed E-state index contributed by atoms with van der Waals surface area (Å²) in [5.74, 6) is 3.18. The molecule has 3 N–H and O–H groups in total. The summed E-state index contributed by atoms with van der Waals surface area (Å²) in [6.07, 6.45) is 13.3. The summed E-state index contributed by atoms with van der Waals surface area (Å²) in [6, 6.07) is 12.8. The predicted octanol–water partition coefficient (Wildman–Crippen LogP) is 5.71. The Morgan fingerprint density at radius 3 is 2.49 bits per heavy atom. The molecule has 2 aromatic heterocycles. The number of hydrogen-bond acceptors (Lipinski definition) is 5. The maximum atomic E-state index is 13.5. The van der Waals surface area contributed by atoms with E-state index in [1.165, 1.54) is 32.1 Å². The van der Waals surface area contributed by atoms with Crippen LogP contribution in [0.25, 0.3) is 10.7 Å². The molecule has 192 valence electrons. The van der Waals surface area contributed by atoms with E-state index in [0.29, 0.717) is 35.8 Å². The Morgan fingerprint density at radius 1 is 1.03 bits per heavy atom. The lowest BCUT2D eigenvalue weighted by atomic mass is 9.84. The minimum Gasteiger partial charge on any atom is -0.358 e. The fourth-order valence-electron chi connectivity index (χ4n) is 4.93. The molecule has 8 nitrogen and oxygen atoms in total. The molecule has 0 radical (unpaired) electrons. The van der Waals surface area contributed by atoms with E-state index in [1.807, 2.05) is 47.3 Å². The van der Waals surface area contributed by atoms with Crippen LogP contribution in [-0.4, -0.2) is 33.0 Å². The van der Waals surface area contributed by atoms with Crippen LogP contribution in [-0.2, 0) is 11.3 Å². The monoisotopic (exact) mass is 497 g/mol. The summed E-state index contributed by atoms with van der Waals surface area (Å²) >= 11 is 0. The van der Waals surface area contributed by atoms with Crippen LogP contribution in [0.3, 0.4) is 0 Å². The van der Waals surface area contributed by atoms with E-state index in [-0.39, 0.29) is 5.91 Å². The molecule has 2 saturated carbocycles. The SMILES string of the molecule is [C-]#[N+]c1ccc(CNC(=O)[C@@H](CC2CCCCC2)Nc2cc(-n3cccc3)nc(NCC3CC3)n2)cc1. The molecular weight excluding hydrogens is 462 g/mol. The van der Waals surface area contributed by atoms with Crippen LogP contribution in [0.1, 0.15) is 56.9 Å². The van der Waals surface area contributed by atoms with Crippen LogP contribution in [0.4, 0.5) is 17.5 Å². The van der Waals surface area contributed by atoms with Gasteiger partial charge in [-0.1, -0.05) is 56.4 Å². The highest BCUT2D eigenvalue weighted by Gasteiger charge is 2.26. The first kappa shape index (κ1) is 24.8. The van der Waals surface area contributed by atoms with Gasteiger partial charge in [0.25, 0.3) is 0 Å². The molecule has 1 atom stereocenters. The first-order valence-electron chi connectivity index (χ1n) is 13.4. The zero-order valence-corrected chi connectivity index (χ0v) is 21.2. The quantitative estimate of drug-likeness (QED) is 0.296. The van der Waals surface area contributed by atoms with Crippen LogP contribution in [0, 0.1) is 18.4 Å². The van der Waals surface area contributed by atoms with E-state index in [1.54, 1.807) is 12.1 Å². The summed E-state index contributed by atoms with van der Waals surface area (Å²) in [5, 5.41) is 9.97. The number of nitrogens with zero attached hydrogens (tertiary/aromatic N) is 4. The van der Waals surface area contributed by atoms with Gasteiger partial charge in [0, 0.05) is 31.5 Å². The van der Waals surface area contributed by atoms with Crippen molar-refractivity contribution in [3.63, 3.8) is 0 Å². The first-order valence-corrected chi connectivity index (χ1v) is 13.4. The minimum absolute atomic E-state index is 0.0338. The maximum absolute atomic E-state index is 13.5. The highest BCUT2D eigenvalue weighted by atomic mass is 16.2. The lowest BCUT2D eigenvalue weighted by Gasteiger charge is -2.27. The van der Waals surface area contributed by atoms with Gasteiger partial charge in [-0.3, -0.25) is 4.79 Å². The topological polar surface area (TPSA) is 88.2 Å². The number of amides is 1. The molecule has 1 amide bonds. The van der Waals surface area contributed by atoms with Crippen LogP contribution < -0.4 is 16.0 Å². The van der Waals surface area contributed by atoms with Crippen molar-refractivity contribution in [3.05, 3.63) is 71.8 Å². The molecule has 3 aromatic rings. The lowest BCUT2D eigenvalue weighted by molar-refractivity contribution is -0.122. The number of carbonyl (C=O) groups is 1. The third-order valence-electron chi connectivity index (χ3n) is 7.29. The summed E-state index contributed by atoms with van der Waals surface area (Å²) < 4.78 is 1.96. The van der Waals surface area contributed by atoms with Crippen molar-refractivity contribution in [1.82, 2.24) is 19.9 Å². The molecule has 0 spiro atoms. The molecule has 2 heterocycles. The minimum atomic E-state index is -0.394. The Morgan fingerprint density at radius 2 is 1.78 bits per heavy atom. The van der Waals surface area contributed by atoms with Crippen molar-refractivity contribution in [2.24, 2.45) is 11.8 Å². The molecule has 0 saturated heterocycles. The highest BCUT2D eigenvalue weighted by molar-refractivity contribution is 5.84. The Bertz CT molecular complexity index is 1210. The van der Waals surface area contributed by atoms with E-state index < -0.39 is 6.04 Å². The van der Waals surface area contributed by atoms with Gasteiger partial charge in [-0.2, -0.15) is 9.97 Å². The fraction of sp³-hybridized carbons (Fsp3) is 0.448. The maximum Gasteiger partial charge on any atom is 0.242 e. The van der Waals surface area contributed by atoms with Gasteiger partial charge >= 0.3 is 0 Å². The number of nitrogens with one attached hydrogen (secondary N) is 3. The third-order valence-corrected chi connectivity index (χ3v) is 7.29. The molecule has 37 heavy (non-hydrogen) atoms. The summed E-state index contributed by atoms with van der Waals surface area (Å²) in [5.41, 5.74) is 1.57. The Hall–Kier alpha value is -3.86. The predicted molar refractivity (Wildman–Crippen MR) is 146 cm³/mol. The molecule has 8 heteroatoms. The number of hydrogen-bond donors (Lipinski definition) is 3. The molecule has 0 bridgehead atoms. The summed E-state index contributed by atoms with van der Waals surface area (Å²) in [4.78, 5) is 26.3.